The summed E-state index contributed by atoms with van der Waals surface area (Å²) in [7, 11) is 0. The zero-order valence-corrected chi connectivity index (χ0v) is 13.4. The molecule has 6 heteroatoms. The Morgan fingerprint density at radius 2 is 2.00 bits per heavy atom. The second-order valence-electron chi connectivity index (χ2n) is 6.09. The summed E-state index contributed by atoms with van der Waals surface area (Å²) in [6.07, 6.45) is 13.0. The van der Waals surface area contributed by atoms with Crippen molar-refractivity contribution in [3.63, 3.8) is 0 Å². The van der Waals surface area contributed by atoms with Gasteiger partial charge in [-0.2, -0.15) is 5.10 Å². The van der Waals surface area contributed by atoms with Crippen LogP contribution in [0.3, 0.4) is 0 Å². The average molecular weight is 321 g/mol. The van der Waals surface area contributed by atoms with E-state index in [0.29, 0.717) is 11.2 Å². The first kappa shape index (κ1) is 14.8. The van der Waals surface area contributed by atoms with Crippen molar-refractivity contribution < 1.29 is 4.79 Å². The molecule has 4 rings (SSSR count). The molecule has 0 bridgehead atoms. The molecular weight excluding hydrogens is 302 g/mol. The first-order valence-electron chi connectivity index (χ1n) is 8.34. The summed E-state index contributed by atoms with van der Waals surface area (Å²) < 4.78 is 1.65. The van der Waals surface area contributed by atoms with E-state index in [4.69, 9.17) is 0 Å². The van der Waals surface area contributed by atoms with E-state index in [9.17, 15) is 4.79 Å². The van der Waals surface area contributed by atoms with Gasteiger partial charge >= 0.3 is 0 Å². The Balaban J connectivity index is 1.72. The number of hydrogen-bond donors (Lipinski definition) is 0. The number of carbonyl (C=O) groups excluding carboxylic acids is 1. The molecule has 3 aromatic rings. The Hall–Kier alpha value is -2.76. The third kappa shape index (κ3) is 2.64. The van der Waals surface area contributed by atoms with Crippen LogP contribution in [0.2, 0.25) is 0 Å². The van der Waals surface area contributed by atoms with Gasteiger partial charge in [0.25, 0.3) is 5.91 Å². The number of carbonyl (C=O) groups is 1. The van der Waals surface area contributed by atoms with Crippen LogP contribution in [0.5, 0.6) is 0 Å². The summed E-state index contributed by atoms with van der Waals surface area (Å²) in [4.78, 5) is 23.6. The summed E-state index contributed by atoms with van der Waals surface area (Å²) in [5.74, 6) is 0.00686. The lowest BCUT2D eigenvalue weighted by Crippen LogP contribution is -2.34. The summed E-state index contributed by atoms with van der Waals surface area (Å²) in [6, 6.07) is 5.90. The number of aromatic nitrogens is 4. The normalized spacial score (nSPS) is 18.5. The highest BCUT2D eigenvalue weighted by Gasteiger charge is 2.29. The Morgan fingerprint density at radius 3 is 2.88 bits per heavy atom. The van der Waals surface area contributed by atoms with E-state index in [2.05, 4.69) is 15.1 Å². The first-order chi connectivity index (χ1) is 11.8. The van der Waals surface area contributed by atoms with Crippen LogP contribution in [-0.2, 0) is 0 Å². The molecule has 0 saturated carbocycles. The molecule has 0 N–H and O–H groups in total. The Labute approximate surface area is 140 Å². The second-order valence-corrected chi connectivity index (χ2v) is 6.09. The standard InChI is InChI=1S/C18H19N5O/c24-18(15-13-21-23-12-4-8-20-17(15)23)22-11-3-1-2-5-16(22)14-6-9-19-10-7-14/h4,6-10,12-13,16H,1-3,5,11H2. The Morgan fingerprint density at radius 1 is 1.12 bits per heavy atom. The van der Waals surface area contributed by atoms with Crippen molar-refractivity contribution in [2.75, 3.05) is 6.54 Å². The van der Waals surface area contributed by atoms with E-state index in [1.54, 1.807) is 35.4 Å². The predicted octanol–water partition coefficient (Wildman–Crippen LogP) is 2.88. The minimum Gasteiger partial charge on any atom is -0.331 e. The van der Waals surface area contributed by atoms with E-state index in [1.807, 2.05) is 23.2 Å². The van der Waals surface area contributed by atoms with Crippen LogP contribution in [0.1, 0.15) is 47.6 Å². The fraction of sp³-hybridized carbons (Fsp3) is 0.333. The van der Waals surface area contributed by atoms with Gasteiger partial charge in [0.05, 0.1) is 12.2 Å². The maximum Gasteiger partial charge on any atom is 0.259 e. The monoisotopic (exact) mass is 321 g/mol. The Bertz CT molecular complexity index is 845. The van der Waals surface area contributed by atoms with Gasteiger partial charge in [0.2, 0.25) is 0 Å². The van der Waals surface area contributed by atoms with Crippen LogP contribution in [0.25, 0.3) is 5.65 Å². The van der Waals surface area contributed by atoms with Crippen molar-refractivity contribution in [1.82, 2.24) is 24.5 Å². The topological polar surface area (TPSA) is 63.4 Å². The molecule has 3 aromatic heterocycles. The quantitative estimate of drug-likeness (QED) is 0.728. The Kier molecular flexibility index (Phi) is 3.94. The summed E-state index contributed by atoms with van der Waals surface area (Å²) >= 11 is 0. The molecule has 1 aliphatic rings. The number of amides is 1. The molecule has 4 heterocycles. The van der Waals surface area contributed by atoms with Crippen LogP contribution < -0.4 is 0 Å². The summed E-state index contributed by atoms with van der Waals surface area (Å²) in [6.45, 7) is 0.760. The lowest BCUT2D eigenvalue weighted by molar-refractivity contribution is 0.0682. The number of hydrogen-bond acceptors (Lipinski definition) is 4. The van der Waals surface area contributed by atoms with Gasteiger partial charge < -0.3 is 4.90 Å². The van der Waals surface area contributed by atoms with Gasteiger partial charge in [-0.15, -0.1) is 0 Å². The fourth-order valence-corrected chi connectivity index (χ4v) is 3.42. The van der Waals surface area contributed by atoms with Crippen molar-refractivity contribution in [3.05, 3.63) is 60.3 Å². The van der Waals surface area contributed by atoms with Crippen molar-refractivity contribution in [2.24, 2.45) is 0 Å². The van der Waals surface area contributed by atoms with Gasteiger partial charge in [-0.1, -0.05) is 12.8 Å². The molecule has 6 nitrogen and oxygen atoms in total. The smallest absolute Gasteiger partial charge is 0.259 e. The molecule has 1 unspecified atom stereocenters. The lowest BCUT2D eigenvalue weighted by Gasteiger charge is -2.30. The van der Waals surface area contributed by atoms with E-state index in [0.717, 1.165) is 37.8 Å². The average Bonchev–Trinajstić information content (AvgIpc) is 2.91. The molecule has 0 aliphatic carbocycles. The van der Waals surface area contributed by atoms with Crippen LogP contribution in [0, 0.1) is 0 Å². The highest BCUT2D eigenvalue weighted by Crippen LogP contribution is 2.31. The molecule has 1 saturated heterocycles. The van der Waals surface area contributed by atoms with Crippen LogP contribution in [-0.4, -0.2) is 36.9 Å². The molecule has 1 amide bonds. The molecule has 1 aliphatic heterocycles. The van der Waals surface area contributed by atoms with E-state index >= 15 is 0 Å². The van der Waals surface area contributed by atoms with Crippen LogP contribution >= 0.6 is 0 Å². The molecule has 0 radical (unpaired) electrons. The van der Waals surface area contributed by atoms with Crippen molar-refractivity contribution >= 4 is 11.6 Å². The maximum atomic E-state index is 13.2. The van der Waals surface area contributed by atoms with Gasteiger partial charge in [-0.3, -0.25) is 9.78 Å². The number of pyridine rings is 1. The number of rotatable bonds is 2. The number of likely N-dealkylation sites (tertiary alicyclic amines) is 1. The summed E-state index contributed by atoms with van der Waals surface area (Å²) in [5, 5.41) is 4.25. The molecule has 0 spiro atoms. The highest BCUT2D eigenvalue weighted by molar-refractivity contribution is 5.99. The zero-order valence-electron chi connectivity index (χ0n) is 13.4. The zero-order chi connectivity index (χ0) is 16.4. The highest BCUT2D eigenvalue weighted by atomic mass is 16.2. The van der Waals surface area contributed by atoms with Crippen molar-refractivity contribution in [3.8, 4) is 0 Å². The third-order valence-corrected chi connectivity index (χ3v) is 4.61. The third-order valence-electron chi connectivity index (χ3n) is 4.61. The molecule has 0 aromatic carbocycles. The first-order valence-corrected chi connectivity index (χ1v) is 8.34. The van der Waals surface area contributed by atoms with Crippen LogP contribution in [0.4, 0.5) is 0 Å². The summed E-state index contributed by atoms with van der Waals surface area (Å²) in [5.41, 5.74) is 2.32. The van der Waals surface area contributed by atoms with Gasteiger partial charge in [0.1, 0.15) is 5.56 Å². The second kappa shape index (κ2) is 6.39. The van der Waals surface area contributed by atoms with Crippen molar-refractivity contribution in [1.29, 1.82) is 0 Å². The minimum atomic E-state index is 0.00686. The minimum absolute atomic E-state index is 0.00686. The molecule has 1 atom stereocenters. The van der Waals surface area contributed by atoms with E-state index in [1.165, 1.54) is 0 Å². The lowest BCUT2D eigenvalue weighted by atomic mass is 10.0. The van der Waals surface area contributed by atoms with Gasteiger partial charge in [0.15, 0.2) is 5.65 Å². The molecule has 24 heavy (non-hydrogen) atoms. The number of nitrogens with zero attached hydrogens (tertiary/aromatic N) is 5. The van der Waals surface area contributed by atoms with Gasteiger partial charge in [-0.05, 0) is 36.6 Å². The van der Waals surface area contributed by atoms with Gasteiger partial charge in [-0.25, -0.2) is 9.50 Å². The molecule has 122 valence electrons. The maximum absolute atomic E-state index is 13.2. The van der Waals surface area contributed by atoms with Crippen molar-refractivity contribution in [2.45, 2.75) is 31.7 Å². The largest absolute Gasteiger partial charge is 0.331 e. The van der Waals surface area contributed by atoms with E-state index < -0.39 is 0 Å². The van der Waals surface area contributed by atoms with Gasteiger partial charge in [0, 0.05) is 31.3 Å². The van der Waals surface area contributed by atoms with E-state index in [-0.39, 0.29) is 11.9 Å². The van der Waals surface area contributed by atoms with Crippen LogP contribution in [0.15, 0.2) is 49.2 Å². The number of fused-ring (bicyclic) bond motifs is 1. The fourth-order valence-electron chi connectivity index (χ4n) is 3.42. The predicted molar refractivity (Wildman–Crippen MR) is 89.5 cm³/mol. The SMILES string of the molecule is O=C(c1cnn2cccnc12)N1CCCCCC1c1ccncc1. The molecular formula is C18H19N5O. The molecule has 1 fully saturated rings.